The van der Waals surface area contributed by atoms with Gasteiger partial charge in [-0.15, -0.1) is 0 Å². The maximum absolute atomic E-state index is 12.6. The number of nitrogens with two attached hydrogens (primary N) is 1. The van der Waals surface area contributed by atoms with E-state index in [1.165, 1.54) is 0 Å². The van der Waals surface area contributed by atoms with E-state index >= 15 is 0 Å². The van der Waals surface area contributed by atoms with Crippen LogP contribution in [-0.4, -0.2) is 30.6 Å². The van der Waals surface area contributed by atoms with Gasteiger partial charge in [0.25, 0.3) is 0 Å². The molecule has 0 bridgehead atoms. The van der Waals surface area contributed by atoms with Gasteiger partial charge >= 0.3 is 6.03 Å². The average Bonchev–Trinajstić information content (AvgIpc) is 2.91. The third-order valence-electron chi connectivity index (χ3n) is 4.13. The Kier molecular flexibility index (Phi) is 3.42. The maximum Gasteiger partial charge on any atom is 0.324 e. The van der Waals surface area contributed by atoms with Gasteiger partial charge < -0.3 is 10.6 Å². The van der Waals surface area contributed by atoms with Gasteiger partial charge in [0, 0.05) is 25.7 Å². The van der Waals surface area contributed by atoms with Crippen molar-refractivity contribution in [3.05, 3.63) is 29.8 Å². The summed E-state index contributed by atoms with van der Waals surface area (Å²) in [5, 5.41) is 0. The average molecular weight is 259 g/mol. The largest absolute Gasteiger partial charge is 0.324 e. The van der Waals surface area contributed by atoms with Crippen molar-refractivity contribution in [1.29, 1.82) is 0 Å². The number of anilines is 1. The number of likely N-dealkylation sites (tertiary alicyclic amines) is 1. The van der Waals surface area contributed by atoms with E-state index in [2.05, 4.69) is 6.07 Å². The van der Waals surface area contributed by atoms with Crippen LogP contribution in [0.2, 0.25) is 0 Å². The number of hydrogen-bond acceptors (Lipinski definition) is 2. The minimum absolute atomic E-state index is 0.0487. The molecule has 4 heteroatoms. The van der Waals surface area contributed by atoms with E-state index in [-0.39, 0.29) is 12.1 Å². The highest BCUT2D eigenvalue weighted by Gasteiger charge is 2.28. The minimum Gasteiger partial charge on any atom is -0.324 e. The highest BCUT2D eigenvalue weighted by molar-refractivity contribution is 5.93. The monoisotopic (exact) mass is 259 g/mol. The zero-order chi connectivity index (χ0) is 13.2. The van der Waals surface area contributed by atoms with Crippen molar-refractivity contribution in [2.24, 2.45) is 5.73 Å². The van der Waals surface area contributed by atoms with Crippen LogP contribution in [-0.2, 0) is 0 Å². The van der Waals surface area contributed by atoms with Gasteiger partial charge in [0.05, 0.1) is 5.69 Å². The van der Waals surface area contributed by atoms with Gasteiger partial charge in [0.15, 0.2) is 0 Å². The fraction of sp³-hybridized carbons (Fsp3) is 0.533. The van der Waals surface area contributed by atoms with Crippen LogP contribution in [0.5, 0.6) is 0 Å². The summed E-state index contributed by atoms with van der Waals surface area (Å²) in [5.41, 5.74) is 8.32. The fourth-order valence-electron chi connectivity index (χ4n) is 3.07. The number of para-hydroxylation sites is 1. The lowest BCUT2D eigenvalue weighted by molar-refractivity contribution is 0.215. The van der Waals surface area contributed by atoms with Crippen molar-refractivity contribution in [3.63, 3.8) is 0 Å². The van der Waals surface area contributed by atoms with E-state index in [1.54, 1.807) is 0 Å². The molecule has 3 rings (SSSR count). The van der Waals surface area contributed by atoms with Gasteiger partial charge in [-0.3, -0.25) is 4.90 Å². The number of carbonyl (C=O) groups is 1. The molecular weight excluding hydrogens is 238 g/mol. The van der Waals surface area contributed by atoms with Crippen LogP contribution < -0.4 is 10.6 Å². The Labute approximate surface area is 114 Å². The van der Waals surface area contributed by atoms with Crippen LogP contribution in [0.25, 0.3) is 0 Å². The summed E-state index contributed by atoms with van der Waals surface area (Å²) in [4.78, 5) is 16.5. The number of benzene rings is 1. The molecule has 102 valence electrons. The smallest absolute Gasteiger partial charge is 0.324 e. The number of rotatable bonds is 0. The Morgan fingerprint density at radius 2 is 1.84 bits per heavy atom. The summed E-state index contributed by atoms with van der Waals surface area (Å²) in [6.07, 6.45) is 4.16. The molecule has 2 heterocycles. The van der Waals surface area contributed by atoms with Crippen molar-refractivity contribution in [1.82, 2.24) is 4.90 Å². The van der Waals surface area contributed by atoms with Crippen LogP contribution in [0.4, 0.5) is 10.5 Å². The van der Waals surface area contributed by atoms with Gasteiger partial charge in [0.2, 0.25) is 0 Å². The van der Waals surface area contributed by atoms with Crippen LogP contribution >= 0.6 is 0 Å². The first-order valence-electron chi connectivity index (χ1n) is 7.18. The molecule has 1 unspecified atom stereocenters. The first-order valence-corrected chi connectivity index (χ1v) is 7.18. The fourth-order valence-corrected chi connectivity index (χ4v) is 3.07. The van der Waals surface area contributed by atoms with Crippen LogP contribution in [0.15, 0.2) is 24.3 Å². The van der Waals surface area contributed by atoms with Gasteiger partial charge in [0.1, 0.15) is 0 Å². The van der Waals surface area contributed by atoms with Crippen molar-refractivity contribution in [3.8, 4) is 0 Å². The Balaban J connectivity index is 1.92. The summed E-state index contributed by atoms with van der Waals surface area (Å²) in [6, 6.07) is 8.26. The van der Waals surface area contributed by atoms with Gasteiger partial charge in [-0.1, -0.05) is 18.2 Å². The molecule has 19 heavy (non-hydrogen) atoms. The third-order valence-corrected chi connectivity index (χ3v) is 4.13. The number of nitrogens with zero attached hydrogens (tertiary/aromatic N) is 2. The van der Waals surface area contributed by atoms with Crippen molar-refractivity contribution in [2.75, 3.05) is 24.5 Å². The van der Waals surface area contributed by atoms with Crippen molar-refractivity contribution < 1.29 is 4.79 Å². The van der Waals surface area contributed by atoms with Crippen molar-refractivity contribution >= 4 is 11.7 Å². The molecule has 1 atom stereocenters. The number of carbonyl (C=O) groups excluding carboxylic acids is 1. The first-order chi connectivity index (χ1) is 9.27. The van der Waals surface area contributed by atoms with Gasteiger partial charge in [-0.05, 0) is 37.3 Å². The van der Waals surface area contributed by atoms with Crippen LogP contribution in [0, 0.1) is 0 Å². The van der Waals surface area contributed by atoms with Crippen LogP contribution in [0.1, 0.15) is 37.3 Å². The van der Waals surface area contributed by atoms with Crippen LogP contribution in [0.3, 0.4) is 0 Å². The van der Waals surface area contributed by atoms with E-state index in [4.69, 9.17) is 5.73 Å². The van der Waals surface area contributed by atoms with E-state index in [9.17, 15) is 4.79 Å². The number of urea groups is 1. The molecule has 4 nitrogen and oxygen atoms in total. The predicted molar refractivity (Wildman–Crippen MR) is 76.2 cm³/mol. The third kappa shape index (κ3) is 2.32. The molecule has 2 N–H and O–H groups in total. The molecule has 1 aromatic rings. The zero-order valence-corrected chi connectivity index (χ0v) is 11.2. The van der Waals surface area contributed by atoms with E-state index in [0.717, 1.165) is 56.6 Å². The lowest BCUT2D eigenvalue weighted by Crippen LogP contribution is -2.42. The standard InChI is InChI=1S/C15H21N3O/c16-13-7-5-11-18(14-8-2-1-6-12(13)14)15(19)17-9-3-4-10-17/h1-2,6,8,13H,3-5,7,9-11,16H2. The topological polar surface area (TPSA) is 49.6 Å². The Morgan fingerprint density at radius 3 is 2.63 bits per heavy atom. The summed E-state index contributed by atoms with van der Waals surface area (Å²) < 4.78 is 0. The molecular formula is C15H21N3O. The minimum atomic E-state index is 0.0487. The molecule has 2 aliphatic heterocycles. The first kappa shape index (κ1) is 12.5. The summed E-state index contributed by atoms with van der Waals surface area (Å²) in [7, 11) is 0. The lowest BCUT2D eigenvalue weighted by Gasteiger charge is -2.28. The maximum atomic E-state index is 12.6. The summed E-state index contributed by atoms with van der Waals surface area (Å²) in [6.45, 7) is 2.56. The molecule has 0 saturated carbocycles. The highest BCUT2D eigenvalue weighted by Crippen LogP contribution is 2.32. The van der Waals surface area contributed by atoms with E-state index < -0.39 is 0 Å². The molecule has 2 aliphatic rings. The highest BCUT2D eigenvalue weighted by atomic mass is 16.2. The SMILES string of the molecule is NC1CCCN(C(=O)N2CCCC2)c2ccccc21. The normalized spacial score (nSPS) is 23.1. The number of hydrogen-bond donors (Lipinski definition) is 1. The molecule has 1 saturated heterocycles. The van der Waals surface area contributed by atoms with Gasteiger partial charge in [-0.2, -0.15) is 0 Å². The quantitative estimate of drug-likeness (QED) is 0.778. The Morgan fingerprint density at radius 1 is 1.11 bits per heavy atom. The predicted octanol–water partition coefficient (Wildman–Crippen LogP) is 2.50. The Bertz CT molecular complexity index is 468. The molecule has 0 aliphatic carbocycles. The second kappa shape index (κ2) is 5.21. The molecule has 1 fully saturated rings. The molecule has 2 amide bonds. The van der Waals surface area contributed by atoms with E-state index in [1.807, 2.05) is 28.0 Å². The molecule has 1 aromatic carbocycles. The second-order valence-electron chi connectivity index (χ2n) is 5.44. The Hall–Kier alpha value is -1.55. The summed E-state index contributed by atoms with van der Waals surface area (Å²) in [5.74, 6) is 0. The zero-order valence-electron chi connectivity index (χ0n) is 11.2. The number of amides is 2. The second-order valence-corrected chi connectivity index (χ2v) is 5.44. The van der Waals surface area contributed by atoms with Crippen molar-refractivity contribution in [2.45, 2.75) is 31.7 Å². The summed E-state index contributed by atoms with van der Waals surface area (Å²) >= 11 is 0. The molecule has 0 spiro atoms. The lowest BCUT2D eigenvalue weighted by atomic mass is 10.0. The van der Waals surface area contributed by atoms with E-state index in [0.29, 0.717) is 0 Å². The number of fused-ring (bicyclic) bond motifs is 1. The molecule has 0 aromatic heterocycles. The molecule has 0 radical (unpaired) electrons. The van der Waals surface area contributed by atoms with Gasteiger partial charge in [-0.25, -0.2) is 4.79 Å².